The van der Waals surface area contributed by atoms with E-state index >= 15 is 0 Å². The Balaban J connectivity index is 1.49. The molecule has 1 fully saturated rings. The summed E-state index contributed by atoms with van der Waals surface area (Å²) in [6, 6.07) is 13.8. The maximum Gasteiger partial charge on any atom is 0.228 e. The molecule has 0 aliphatic carbocycles. The molecule has 7 nitrogen and oxygen atoms in total. The van der Waals surface area contributed by atoms with Crippen molar-refractivity contribution in [3.8, 4) is 17.3 Å². The van der Waals surface area contributed by atoms with Crippen molar-refractivity contribution in [2.24, 2.45) is 0 Å². The molecule has 2 aromatic heterocycles. The van der Waals surface area contributed by atoms with Crippen LogP contribution < -0.4 is 10.2 Å². The number of nitrogens with zero attached hydrogens (tertiary/aromatic N) is 6. The minimum absolute atomic E-state index is 0.474. The Morgan fingerprint density at radius 1 is 1.03 bits per heavy atom. The van der Waals surface area contributed by atoms with Gasteiger partial charge in [-0.2, -0.15) is 5.26 Å². The number of hydrogen-bond acceptors (Lipinski definition) is 7. The lowest BCUT2D eigenvalue weighted by molar-refractivity contribution is 0.313. The molecule has 7 heteroatoms. The summed E-state index contributed by atoms with van der Waals surface area (Å²) >= 11 is 0. The van der Waals surface area contributed by atoms with Gasteiger partial charge in [-0.25, -0.2) is 15.0 Å². The summed E-state index contributed by atoms with van der Waals surface area (Å²) < 4.78 is 0. The van der Waals surface area contributed by atoms with Gasteiger partial charge in [0.15, 0.2) is 0 Å². The predicted molar refractivity (Wildman–Crippen MR) is 114 cm³/mol. The first-order valence-corrected chi connectivity index (χ1v) is 9.63. The van der Waals surface area contributed by atoms with Gasteiger partial charge in [0.25, 0.3) is 0 Å². The highest BCUT2D eigenvalue weighted by atomic mass is 15.3. The summed E-state index contributed by atoms with van der Waals surface area (Å²) in [5.74, 6) is 1.17. The molecule has 0 spiro atoms. The Bertz CT molecular complexity index is 1030. The van der Waals surface area contributed by atoms with E-state index in [0.29, 0.717) is 17.3 Å². The number of nitrogens with one attached hydrogen (secondary N) is 1. The van der Waals surface area contributed by atoms with E-state index in [2.05, 4.69) is 49.3 Å². The molecule has 3 aromatic rings. The van der Waals surface area contributed by atoms with Crippen molar-refractivity contribution < 1.29 is 0 Å². The topological polar surface area (TPSA) is 81.0 Å². The fourth-order valence-electron chi connectivity index (χ4n) is 3.31. The Labute approximate surface area is 170 Å². The molecule has 29 heavy (non-hydrogen) atoms. The molecule has 0 atom stereocenters. The number of piperazine rings is 1. The molecule has 1 aliphatic rings. The number of hydrogen-bond donors (Lipinski definition) is 1. The molecule has 1 N–H and O–H groups in total. The first-order chi connectivity index (χ1) is 14.1. The minimum Gasteiger partial charge on any atom is -0.368 e. The van der Waals surface area contributed by atoms with E-state index in [1.54, 1.807) is 6.20 Å². The van der Waals surface area contributed by atoms with Crippen molar-refractivity contribution in [2.45, 2.75) is 6.92 Å². The van der Waals surface area contributed by atoms with Gasteiger partial charge < -0.3 is 15.1 Å². The normalized spacial score (nSPS) is 14.4. The molecule has 0 saturated carbocycles. The van der Waals surface area contributed by atoms with Crippen LogP contribution in [0.5, 0.6) is 0 Å². The fourth-order valence-corrected chi connectivity index (χ4v) is 3.31. The number of rotatable bonds is 4. The van der Waals surface area contributed by atoms with Crippen LogP contribution in [0.3, 0.4) is 0 Å². The van der Waals surface area contributed by atoms with Gasteiger partial charge in [-0.1, -0.05) is 12.1 Å². The van der Waals surface area contributed by atoms with Crippen molar-refractivity contribution in [3.05, 3.63) is 59.9 Å². The lowest BCUT2D eigenvalue weighted by Crippen LogP contribution is -2.44. The van der Waals surface area contributed by atoms with Gasteiger partial charge in [0, 0.05) is 37.9 Å². The number of likely N-dealkylation sites (N-methyl/N-ethyl adjacent to an activating group) is 1. The molecular weight excluding hydrogens is 362 g/mol. The second-order valence-corrected chi connectivity index (χ2v) is 7.22. The Kier molecular flexibility index (Phi) is 5.36. The highest BCUT2D eigenvalue weighted by Crippen LogP contribution is 2.22. The van der Waals surface area contributed by atoms with Crippen molar-refractivity contribution >= 4 is 17.5 Å². The monoisotopic (exact) mass is 385 g/mol. The second-order valence-electron chi connectivity index (χ2n) is 7.22. The predicted octanol–water partition coefficient (Wildman–Crippen LogP) is 3.21. The largest absolute Gasteiger partial charge is 0.368 e. The van der Waals surface area contributed by atoms with Crippen LogP contribution >= 0.6 is 0 Å². The molecule has 146 valence electrons. The number of aryl methyl sites for hydroxylation is 1. The smallest absolute Gasteiger partial charge is 0.228 e. The zero-order chi connectivity index (χ0) is 20.2. The number of pyridine rings is 1. The van der Waals surface area contributed by atoms with Crippen LogP contribution in [0.4, 0.5) is 17.5 Å². The van der Waals surface area contributed by atoms with Crippen LogP contribution in [0.1, 0.15) is 11.1 Å². The van der Waals surface area contributed by atoms with Gasteiger partial charge in [-0.15, -0.1) is 0 Å². The van der Waals surface area contributed by atoms with Gasteiger partial charge in [0.2, 0.25) is 5.95 Å². The molecule has 1 aliphatic heterocycles. The number of nitriles is 1. The first-order valence-electron chi connectivity index (χ1n) is 9.63. The Morgan fingerprint density at radius 3 is 2.59 bits per heavy atom. The van der Waals surface area contributed by atoms with E-state index in [-0.39, 0.29) is 0 Å². The van der Waals surface area contributed by atoms with Gasteiger partial charge >= 0.3 is 0 Å². The zero-order valence-electron chi connectivity index (χ0n) is 16.6. The van der Waals surface area contributed by atoms with Crippen molar-refractivity contribution in [3.63, 3.8) is 0 Å². The van der Waals surface area contributed by atoms with Crippen LogP contribution in [0.2, 0.25) is 0 Å². The van der Waals surface area contributed by atoms with Crippen molar-refractivity contribution in [1.82, 2.24) is 19.9 Å². The average Bonchev–Trinajstić information content (AvgIpc) is 2.75. The standard InChI is InChI=1S/C22H23N7/c1-16-3-4-17(13-18(16)14-23)20-7-8-24-22(26-20)27-21-6-5-19(15-25-21)29-11-9-28(2)10-12-29/h3-8,13,15H,9-12H2,1-2H3,(H,24,25,26,27). The summed E-state index contributed by atoms with van der Waals surface area (Å²) in [4.78, 5) is 18.1. The first kappa shape index (κ1) is 18.8. The minimum atomic E-state index is 0.474. The number of benzene rings is 1. The van der Waals surface area contributed by atoms with Gasteiger partial charge in [-0.3, -0.25) is 0 Å². The molecular formula is C22H23N7. The molecule has 0 radical (unpaired) electrons. The molecule has 0 amide bonds. The van der Waals surface area contributed by atoms with E-state index in [9.17, 15) is 5.26 Å². The summed E-state index contributed by atoms with van der Waals surface area (Å²) in [7, 11) is 2.15. The van der Waals surface area contributed by atoms with Crippen LogP contribution in [0, 0.1) is 18.3 Å². The van der Waals surface area contributed by atoms with Crippen LogP contribution in [0.15, 0.2) is 48.8 Å². The van der Waals surface area contributed by atoms with Gasteiger partial charge in [-0.05, 0) is 43.8 Å². The van der Waals surface area contributed by atoms with E-state index in [0.717, 1.165) is 48.7 Å². The van der Waals surface area contributed by atoms with Crippen LogP contribution in [-0.2, 0) is 0 Å². The molecule has 3 heterocycles. The maximum atomic E-state index is 9.26. The molecule has 0 unspecified atom stereocenters. The van der Waals surface area contributed by atoms with Crippen LogP contribution in [-0.4, -0.2) is 53.1 Å². The van der Waals surface area contributed by atoms with Crippen molar-refractivity contribution in [2.75, 3.05) is 43.4 Å². The van der Waals surface area contributed by atoms with Crippen molar-refractivity contribution in [1.29, 1.82) is 5.26 Å². The summed E-state index contributed by atoms with van der Waals surface area (Å²) in [5, 5.41) is 12.4. The SMILES string of the molecule is Cc1ccc(-c2ccnc(Nc3ccc(N4CCN(C)CC4)cn3)n2)cc1C#N. The summed E-state index contributed by atoms with van der Waals surface area (Å²) in [6.45, 7) is 6.07. The Hall–Kier alpha value is -3.50. The van der Waals surface area contributed by atoms with Gasteiger partial charge in [0.1, 0.15) is 5.82 Å². The third kappa shape index (κ3) is 4.33. The van der Waals surface area contributed by atoms with E-state index < -0.39 is 0 Å². The lowest BCUT2D eigenvalue weighted by Gasteiger charge is -2.33. The highest BCUT2D eigenvalue weighted by molar-refractivity contribution is 5.64. The average molecular weight is 385 g/mol. The summed E-state index contributed by atoms with van der Waals surface area (Å²) in [6.07, 6.45) is 3.59. The third-order valence-corrected chi connectivity index (χ3v) is 5.17. The lowest BCUT2D eigenvalue weighted by atomic mass is 10.0. The van der Waals surface area contributed by atoms with Gasteiger partial charge in [0.05, 0.1) is 29.2 Å². The maximum absolute atomic E-state index is 9.26. The fraction of sp³-hybridized carbons (Fsp3) is 0.273. The summed E-state index contributed by atoms with van der Waals surface area (Å²) in [5.41, 5.74) is 4.37. The number of anilines is 3. The van der Waals surface area contributed by atoms with Crippen LogP contribution in [0.25, 0.3) is 11.3 Å². The molecule has 4 rings (SSSR count). The molecule has 1 saturated heterocycles. The van der Waals surface area contributed by atoms with E-state index in [1.807, 2.05) is 43.5 Å². The van der Waals surface area contributed by atoms with E-state index in [1.165, 1.54) is 0 Å². The number of aromatic nitrogens is 3. The Morgan fingerprint density at radius 2 is 1.86 bits per heavy atom. The highest BCUT2D eigenvalue weighted by Gasteiger charge is 2.14. The third-order valence-electron chi connectivity index (χ3n) is 5.17. The van der Waals surface area contributed by atoms with E-state index in [4.69, 9.17) is 0 Å². The quantitative estimate of drug-likeness (QED) is 0.738. The second kappa shape index (κ2) is 8.25. The molecule has 0 bridgehead atoms. The zero-order valence-corrected chi connectivity index (χ0v) is 16.6. The molecule has 1 aromatic carbocycles.